The number of aliphatic hydroxyl groups excluding tert-OH is 2. The summed E-state index contributed by atoms with van der Waals surface area (Å²) in [5.41, 5.74) is -0.292. The molecule has 19 heavy (non-hydrogen) atoms. The summed E-state index contributed by atoms with van der Waals surface area (Å²) < 4.78 is 25.8. The highest BCUT2D eigenvalue weighted by molar-refractivity contribution is 8.13. The van der Waals surface area contributed by atoms with Crippen molar-refractivity contribution in [3.63, 3.8) is 0 Å². The Morgan fingerprint density at radius 2 is 1.89 bits per heavy atom. The fourth-order valence-corrected chi connectivity index (χ4v) is 2.12. The summed E-state index contributed by atoms with van der Waals surface area (Å²) >= 11 is 0.975. The molecule has 0 heterocycles. The van der Waals surface area contributed by atoms with E-state index in [2.05, 4.69) is 0 Å². The molecule has 0 saturated carbocycles. The molecule has 2 atom stereocenters. The average Bonchev–Trinajstić information content (AvgIpc) is 2.32. The van der Waals surface area contributed by atoms with Crippen molar-refractivity contribution in [3.05, 3.63) is 29.3 Å². The fraction of sp³-hybridized carbons (Fsp3) is 0.417. The quantitative estimate of drug-likeness (QED) is 0.770. The number of halogens is 2. The Morgan fingerprint density at radius 3 is 2.47 bits per heavy atom. The molecule has 1 aromatic rings. The van der Waals surface area contributed by atoms with E-state index in [1.165, 1.54) is 6.92 Å². The van der Waals surface area contributed by atoms with Gasteiger partial charge < -0.3 is 15.3 Å². The highest BCUT2D eigenvalue weighted by Gasteiger charge is 2.23. The van der Waals surface area contributed by atoms with Crippen LogP contribution in [0.2, 0.25) is 0 Å². The lowest BCUT2D eigenvalue weighted by atomic mass is 10.0. The van der Waals surface area contributed by atoms with E-state index in [0.717, 1.165) is 11.8 Å². The Labute approximate surface area is 113 Å². The van der Waals surface area contributed by atoms with Crippen LogP contribution in [0.3, 0.4) is 0 Å². The topological polar surface area (TPSA) is 77.8 Å². The van der Waals surface area contributed by atoms with Gasteiger partial charge in [-0.25, -0.2) is 8.78 Å². The molecule has 1 rings (SSSR count). The smallest absolute Gasteiger partial charge is 0.185 e. The summed E-state index contributed by atoms with van der Waals surface area (Å²) in [6, 6.07) is 1.17. The molecule has 2 unspecified atom stereocenters. The number of thioether (sulfide) groups is 1. The van der Waals surface area contributed by atoms with Gasteiger partial charge in [-0.05, 0) is 12.5 Å². The van der Waals surface area contributed by atoms with Crippen LogP contribution in [0.4, 0.5) is 8.78 Å². The van der Waals surface area contributed by atoms with Gasteiger partial charge in [0.2, 0.25) is 0 Å². The number of hydrogen-bond donors (Lipinski definition) is 3. The Hall–Kier alpha value is -1.18. The third kappa shape index (κ3) is 4.45. The van der Waals surface area contributed by atoms with Crippen molar-refractivity contribution in [3.8, 4) is 5.75 Å². The minimum atomic E-state index is -1.55. The molecule has 3 N–H and O–H groups in total. The third-order valence-corrected chi connectivity index (χ3v) is 3.32. The molecule has 106 valence electrons. The van der Waals surface area contributed by atoms with E-state index < -0.39 is 29.6 Å². The maximum absolute atomic E-state index is 13.0. The lowest BCUT2D eigenvalue weighted by Gasteiger charge is -2.19. The zero-order chi connectivity index (χ0) is 14.6. The lowest BCUT2D eigenvalue weighted by Crippen LogP contribution is -2.19. The van der Waals surface area contributed by atoms with Crippen LogP contribution in [0.15, 0.2) is 12.1 Å². The normalized spacial score (nSPS) is 14.2. The van der Waals surface area contributed by atoms with Gasteiger partial charge >= 0.3 is 0 Å². The zero-order valence-electron chi connectivity index (χ0n) is 10.1. The van der Waals surface area contributed by atoms with E-state index in [4.69, 9.17) is 0 Å². The van der Waals surface area contributed by atoms with E-state index in [9.17, 15) is 28.9 Å². The van der Waals surface area contributed by atoms with Crippen LogP contribution in [0, 0.1) is 11.6 Å². The molecule has 0 aliphatic carbocycles. The molecule has 0 amide bonds. The van der Waals surface area contributed by atoms with Crippen LogP contribution in [0.5, 0.6) is 5.75 Å². The summed E-state index contributed by atoms with van der Waals surface area (Å²) in [7, 11) is 0. The number of aliphatic hydroxyl groups is 2. The van der Waals surface area contributed by atoms with Crippen LogP contribution >= 0.6 is 11.8 Å². The van der Waals surface area contributed by atoms with Crippen LogP contribution < -0.4 is 0 Å². The first-order chi connectivity index (χ1) is 8.82. The number of aromatic hydroxyl groups is 1. The molecular formula is C12H14F2O4S. The van der Waals surface area contributed by atoms with Gasteiger partial charge in [-0.2, -0.15) is 0 Å². The minimum Gasteiger partial charge on any atom is -0.507 e. The Balaban J connectivity index is 2.73. The standard InChI is InChI=1S/C12H14F2O4S/c1-6(15)19-3-2-10(16)12(18)7-4-8(13)9(14)5-11(7)17/h4-5,10,12,16-18H,2-3H2,1H3. The first kappa shape index (κ1) is 15.9. The van der Waals surface area contributed by atoms with Gasteiger partial charge in [-0.15, -0.1) is 0 Å². The van der Waals surface area contributed by atoms with Crippen LogP contribution in [-0.4, -0.2) is 32.3 Å². The predicted octanol–water partition coefficient (Wildman–Crippen LogP) is 1.73. The van der Waals surface area contributed by atoms with Gasteiger partial charge in [-0.3, -0.25) is 4.79 Å². The SMILES string of the molecule is CC(=O)SCCC(O)C(O)c1cc(F)c(F)cc1O. The molecule has 0 aliphatic heterocycles. The molecule has 7 heteroatoms. The van der Waals surface area contributed by atoms with E-state index >= 15 is 0 Å². The van der Waals surface area contributed by atoms with Crippen molar-refractivity contribution >= 4 is 16.9 Å². The average molecular weight is 292 g/mol. The number of carbonyl (C=O) groups excluding carboxylic acids is 1. The Bertz CT molecular complexity index is 467. The summed E-state index contributed by atoms with van der Waals surface area (Å²) in [6.45, 7) is 1.37. The Morgan fingerprint density at radius 1 is 1.32 bits per heavy atom. The lowest BCUT2D eigenvalue weighted by molar-refractivity contribution is -0.109. The molecule has 0 fully saturated rings. The largest absolute Gasteiger partial charge is 0.507 e. The number of hydrogen-bond acceptors (Lipinski definition) is 5. The summed E-state index contributed by atoms with van der Waals surface area (Å²) in [4.78, 5) is 10.7. The molecule has 0 saturated heterocycles. The maximum Gasteiger partial charge on any atom is 0.185 e. The molecule has 0 radical (unpaired) electrons. The molecule has 0 aliphatic rings. The Kier molecular flexibility index (Phi) is 5.71. The number of carbonyl (C=O) groups is 1. The zero-order valence-corrected chi connectivity index (χ0v) is 11.0. The van der Waals surface area contributed by atoms with E-state index in [-0.39, 0.29) is 22.9 Å². The van der Waals surface area contributed by atoms with Gasteiger partial charge in [0.1, 0.15) is 11.9 Å². The third-order valence-electron chi connectivity index (χ3n) is 2.47. The number of benzene rings is 1. The summed E-state index contributed by atoms with van der Waals surface area (Å²) in [6.07, 6.45) is -2.77. The number of phenolic OH excluding ortho intramolecular Hbond substituents is 1. The van der Waals surface area contributed by atoms with Gasteiger partial charge in [0, 0.05) is 24.3 Å². The molecule has 0 bridgehead atoms. The maximum atomic E-state index is 13.0. The predicted molar refractivity (Wildman–Crippen MR) is 66.7 cm³/mol. The van der Waals surface area contributed by atoms with E-state index in [1.54, 1.807) is 0 Å². The first-order valence-corrected chi connectivity index (χ1v) is 6.49. The van der Waals surface area contributed by atoms with Crippen molar-refractivity contribution in [1.82, 2.24) is 0 Å². The first-order valence-electron chi connectivity index (χ1n) is 5.50. The van der Waals surface area contributed by atoms with Gasteiger partial charge in [0.05, 0.1) is 6.10 Å². The molecule has 4 nitrogen and oxygen atoms in total. The monoisotopic (exact) mass is 292 g/mol. The van der Waals surface area contributed by atoms with E-state index in [1.807, 2.05) is 0 Å². The van der Waals surface area contributed by atoms with Crippen molar-refractivity contribution < 1.29 is 28.9 Å². The molecule has 0 aromatic heterocycles. The van der Waals surface area contributed by atoms with E-state index in [0.29, 0.717) is 12.1 Å². The summed E-state index contributed by atoms with van der Waals surface area (Å²) in [5, 5.41) is 28.7. The van der Waals surface area contributed by atoms with Crippen molar-refractivity contribution in [2.45, 2.75) is 25.6 Å². The van der Waals surface area contributed by atoms with Gasteiger partial charge in [0.15, 0.2) is 16.7 Å². The molecule has 1 aromatic carbocycles. The second kappa shape index (κ2) is 6.83. The fourth-order valence-electron chi connectivity index (χ4n) is 1.48. The van der Waals surface area contributed by atoms with Crippen molar-refractivity contribution in [1.29, 1.82) is 0 Å². The highest BCUT2D eigenvalue weighted by Crippen LogP contribution is 2.30. The van der Waals surface area contributed by atoms with Crippen LogP contribution in [0.1, 0.15) is 25.0 Å². The van der Waals surface area contributed by atoms with Crippen LogP contribution in [-0.2, 0) is 4.79 Å². The van der Waals surface area contributed by atoms with Gasteiger partial charge in [-0.1, -0.05) is 11.8 Å². The second-order valence-corrected chi connectivity index (χ2v) is 5.24. The number of rotatable bonds is 5. The van der Waals surface area contributed by atoms with Crippen molar-refractivity contribution in [2.24, 2.45) is 0 Å². The molecule has 0 spiro atoms. The molecular weight excluding hydrogens is 278 g/mol. The second-order valence-electron chi connectivity index (χ2n) is 3.97. The van der Waals surface area contributed by atoms with Crippen LogP contribution in [0.25, 0.3) is 0 Å². The highest BCUT2D eigenvalue weighted by atomic mass is 32.2. The summed E-state index contributed by atoms with van der Waals surface area (Å²) in [5.74, 6) is -2.82. The number of phenols is 1. The van der Waals surface area contributed by atoms with Gasteiger partial charge in [0.25, 0.3) is 0 Å². The minimum absolute atomic E-state index is 0.0733. The van der Waals surface area contributed by atoms with Crippen molar-refractivity contribution in [2.75, 3.05) is 5.75 Å².